The molecular formula is C18H19N3OS. The number of benzene rings is 2. The third-order valence-electron chi connectivity index (χ3n) is 3.41. The summed E-state index contributed by atoms with van der Waals surface area (Å²) >= 11 is 1.92. The lowest BCUT2D eigenvalue weighted by Crippen LogP contribution is -2.11. The van der Waals surface area contributed by atoms with Crippen LogP contribution in [-0.2, 0) is 5.75 Å². The van der Waals surface area contributed by atoms with E-state index in [0.29, 0.717) is 22.1 Å². The van der Waals surface area contributed by atoms with E-state index < -0.39 is 0 Å². The summed E-state index contributed by atoms with van der Waals surface area (Å²) in [5.41, 5.74) is 2.74. The van der Waals surface area contributed by atoms with Crippen LogP contribution in [0.3, 0.4) is 0 Å². The van der Waals surface area contributed by atoms with Crippen molar-refractivity contribution >= 4 is 34.3 Å². The van der Waals surface area contributed by atoms with E-state index in [-0.39, 0.29) is 5.56 Å². The van der Waals surface area contributed by atoms with E-state index >= 15 is 0 Å². The van der Waals surface area contributed by atoms with Gasteiger partial charge in [0, 0.05) is 11.4 Å². The summed E-state index contributed by atoms with van der Waals surface area (Å²) in [6.45, 7) is 4.39. The Balaban J connectivity index is 1.78. The number of aromatic amines is 1. The molecule has 0 saturated heterocycles. The van der Waals surface area contributed by atoms with Crippen LogP contribution in [0, 0.1) is 0 Å². The van der Waals surface area contributed by atoms with E-state index in [1.165, 1.54) is 5.56 Å². The quantitative estimate of drug-likeness (QED) is 0.734. The molecule has 0 fully saturated rings. The maximum atomic E-state index is 12.1. The molecule has 23 heavy (non-hydrogen) atoms. The van der Waals surface area contributed by atoms with Gasteiger partial charge in [0.1, 0.15) is 0 Å². The van der Waals surface area contributed by atoms with Crippen LogP contribution in [0.1, 0.15) is 19.4 Å². The standard InChI is InChI=1S/C18H19N3OS/c1-12(2)23-11-13-7-9-14(10-8-13)19-18-20-16-6-4-3-5-15(16)17(22)21-18/h3-10,12H,11H2,1-2H3,(H2,19,20,21,22). The third kappa shape index (κ3) is 3.93. The molecule has 2 aromatic carbocycles. The van der Waals surface area contributed by atoms with Crippen molar-refractivity contribution in [2.24, 2.45) is 0 Å². The monoisotopic (exact) mass is 325 g/mol. The van der Waals surface area contributed by atoms with Crippen LogP contribution in [0.4, 0.5) is 11.6 Å². The molecule has 0 aliphatic heterocycles. The van der Waals surface area contributed by atoms with Crippen molar-refractivity contribution in [2.75, 3.05) is 5.32 Å². The average molecular weight is 325 g/mol. The zero-order valence-corrected chi connectivity index (χ0v) is 14.0. The second-order valence-electron chi connectivity index (χ2n) is 5.61. The van der Waals surface area contributed by atoms with Gasteiger partial charge in [0.2, 0.25) is 5.95 Å². The Kier molecular flexibility index (Phi) is 4.67. The number of nitrogens with zero attached hydrogens (tertiary/aromatic N) is 1. The molecule has 0 amide bonds. The first-order valence-electron chi connectivity index (χ1n) is 7.58. The number of nitrogens with one attached hydrogen (secondary N) is 2. The molecule has 0 saturated carbocycles. The average Bonchev–Trinajstić information content (AvgIpc) is 2.54. The molecule has 0 spiro atoms. The summed E-state index contributed by atoms with van der Waals surface area (Å²) in [4.78, 5) is 19.3. The first kappa shape index (κ1) is 15.6. The first-order chi connectivity index (χ1) is 11.1. The molecule has 1 heterocycles. The van der Waals surface area contributed by atoms with Gasteiger partial charge in [-0.1, -0.05) is 38.1 Å². The van der Waals surface area contributed by atoms with Crippen LogP contribution >= 0.6 is 11.8 Å². The molecule has 0 bridgehead atoms. The predicted molar refractivity (Wildman–Crippen MR) is 98.5 cm³/mol. The number of aromatic nitrogens is 2. The number of hydrogen-bond donors (Lipinski definition) is 2. The molecule has 1 aromatic heterocycles. The fourth-order valence-electron chi connectivity index (χ4n) is 2.23. The van der Waals surface area contributed by atoms with Crippen LogP contribution in [0.2, 0.25) is 0 Å². The van der Waals surface area contributed by atoms with Crippen LogP contribution in [0.5, 0.6) is 0 Å². The summed E-state index contributed by atoms with van der Waals surface area (Å²) < 4.78 is 0. The van der Waals surface area contributed by atoms with E-state index in [1.54, 1.807) is 6.07 Å². The Labute approximate surface area is 139 Å². The van der Waals surface area contributed by atoms with E-state index in [1.807, 2.05) is 42.1 Å². The van der Waals surface area contributed by atoms with Crippen LogP contribution < -0.4 is 10.9 Å². The molecule has 0 aliphatic carbocycles. The van der Waals surface area contributed by atoms with E-state index in [4.69, 9.17) is 0 Å². The Bertz CT molecular complexity index is 856. The van der Waals surface area contributed by atoms with Crippen molar-refractivity contribution in [3.8, 4) is 0 Å². The summed E-state index contributed by atoms with van der Waals surface area (Å²) in [5, 5.41) is 4.38. The minimum Gasteiger partial charge on any atom is -0.326 e. The Morgan fingerprint density at radius 3 is 2.61 bits per heavy atom. The minimum absolute atomic E-state index is 0.136. The smallest absolute Gasteiger partial charge is 0.260 e. The van der Waals surface area contributed by atoms with Crippen LogP contribution in [0.15, 0.2) is 53.3 Å². The second-order valence-corrected chi connectivity index (χ2v) is 7.18. The lowest BCUT2D eigenvalue weighted by atomic mass is 10.2. The molecule has 0 unspecified atom stereocenters. The number of anilines is 2. The normalized spacial score (nSPS) is 11.1. The van der Waals surface area contributed by atoms with Gasteiger partial charge in [0.15, 0.2) is 0 Å². The topological polar surface area (TPSA) is 57.8 Å². The summed E-state index contributed by atoms with van der Waals surface area (Å²) in [7, 11) is 0. The molecule has 0 aliphatic rings. The van der Waals surface area contributed by atoms with E-state index in [2.05, 4.69) is 41.3 Å². The fraction of sp³-hybridized carbons (Fsp3) is 0.222. The van der Waals surface area contributed by atoms with Gasteiger partial charge in [-0.25, -0.2) is 4.98 Å². The van der Waals surface area contributed by atoms with Gasteiger partial charge in [-0.15, -0.1) is 0 Å². The fourth-order valence-corrected chi connectivity index (χ4v) is 2.95. The van der Waals surface area contributed by atoms with Gasteiger partial charge in [-0.2, -0.15) is 11.8 Å². The van der Waals surface area contributed by atoms with Crippen molar-refractivity contribution in [1.29, 1.82) is 0 Å². The first-order valence-corrected chi connectivity index (χ1v) is 8.63. The SMILES string of the molecule is CC(C)SCc1ccc(Nc2nc3ccccc3c(=O)[nH]2)cc1. The summed E-state index contributed by atoms with van der Waals surface area (Å²) in [6, 6.07) is 15.5. The highest BCUT2D eigenvalue weighted by atomic mass is 32.2. The van der Waals surface area contributed by atoms with Crippen molar-refractivity contribution in [1.82, 2.24) is 9.97 Å². The molecule has 3 rings (SSSR count). The largest absolute Gasteiger partial charge is 0.326 e. The lowest BCUT2D eigenvalue weighted by Gasteiger charge is -2.08. The molecule has 4 nitrogen and oxygen atoms in total. The number of para-hydroxylation sites is 1. The Hall–Kier alpha value is -2.27. The van der Waals surface area contributed by atoms with Crippen molar-refractivity contribution < 1.29 is 0 Å². The van der Waals surface area contributed by atoms with Gasteiger partial charge in [0.05, 0.1) is 10.9 Å². The van der Waals surface area contributed by atoms with Crippen molar-refractivity contribution in [3.63, 3.8) is 0 Å². The van der Waals surface area contributed by atoms with Crippen LogP contribution in [-0.4, -0.2) is 15.2 Å². The molecular weight excluding hydrogens is 306 g/mol. The van der Waals surface area contributed by atoms with Gasteiger partial charge in [-0.3, -0.25) is 9.78 Å². The maximum absolute atomic E-state index is 12.1. The number of H-pyrrole nitrogens is 1. The predicted octanol–water partition coefficient (Wildman–Crippen LogP) is 4.31. The maximum Gasteiger partial charge on any atom is 0.260 e. The second kappa shape index (κ2) is 6.87. The Morgan fingerprint density at radius 1 is 1.13 bits per heavy atom. The zero-order valence-electron chi connectivity index (χ0n) is 13.2. The molecule has 118 valence electrons. The number of rotatable bonds is 5. The molecule has 0 atom stereocenters. The minimum atomic E-state index is -0.136. The van der Waals surface area contributed by atoms with Crippen molar-refractivity contribution in [2.45, 2.75) is 24.9 Å². The summed E-state index contributed by atoms with van der Waals surface area (Å²) in [5.74, 6) is 1.46. The lowest BCUT2D eigenvalue weighted by molar-refractivity contribution is 1.11. The van der Waals surface area contributed by atoms with E-state index in [0.717, 1.165) is 11.4 Å². The molecule has 0 radical (unpaired) electrons. The number of fused-ring (bicyclic) bond motifs is 1. The number of hydrogen-bond acceptors (Lipinski definition) is 4. The molecule has 5 heteroatoms. The van der Waals surface area contributed by atoms with Crippen LogP contribution in [0.25, 0.3) is 10.9 Å². The van der Waals surface area contributed by atoms with Gasteiger partial charge < -0.3 is 5.32 Å². The van der Waals surface area contributed by atoms with Crippen molar-refractivity contribution in [3.05, 3.63) is 64.4 Å². The molecule has 2 N–H and O–H groups in total. The summed E-state index contributed by atoms with van der Waals surface area (Å²) in [6.07, 6.45) is 0. The van der Waals surface area contributed by atoms with Gasteiger partial charge in [0.25, 0.3) is 5.56 Å². The zero-order chi connectivity index (χ0) is 16.2. The van der Waals surface area contributed by atoms with Gasteiger partial charge in [-0.05, 0) is 35.1 Å². The Morgan fingerprint density at radius 2 is 1.87 bits per heavy atom. The number of thioether (sulfide) groups is 1. The highest BCUT2D eigenvalue weighted by Crippen LogP contribution is 2.20. The van der Waals surface area contributed by atoms with Gasteiger partial charge >= 0.3 is 0 Å². The highest BCUT2D eigenvalue weighted by molar-refractivity contribution is 7.99. The highest BCUT2D eigenvalue weighted by Gasteiger charge is 2.04. The third-order valence-corrected chi connectivity index (χ3v) is 4.58. The van der Waals surface area contributed by atoms with E-state index in [9.17, 15) is 4.79 Å². The molecule has 3 aromatic rings.